The quantitative estimate of drug-likeness (QED) is 0.794. The van der Waals surface area contributed by atoms with Crippen molar-refractivity contribution in [1.82, 2.24) is 0 Å². The fourth-order valence-corrected chi connectivity index (χ4v) is 3.54. The first-order chi connectivity index (χ1) is 8.78. The predicted octanol–water partition coefficient (Wildman–Crippen LogP) is 3.67. The summed E-state index contributed by atoms with van der Waals surface area (Å²) in [5, 5.41) is 0. The lowest BCUT2D eigenvalue weighted by Gasteiger charge is -2.33. The number of aryl methyl sites for hydroxylation is 1. The second-order valence-corrected chi connectivity index (χ2v) is 7.80. The van der Waals surface area contributed by atoms with Crippen molar-refractivity contribution < 1.29 is 12.6 Å². The highest BCUT2D eigenvalue weighted by Gasteiger charge is 2.30. The van der Waals surface area contributed by atoms with Crippen LogP contribution < -0.4 is 0 Å². The summed E-state index contributed by atoms with van der Waals surface area (Å²) in [7, 11) is -3.61. The molecule has 0 radical (unpaired) electrons. The smallest absolute Gasteiger partial charge is 0.263 e. The van der Waals surface area contributed by atoms with Crippen LogP contribution in [0.4, 0.5) is 0 Å². The maximum absolute atomic E-state index is 12.2. The van der Waals surface area contributed by atoms with E-state index in [4.69, 9.17) is 4.18 Å². The minimum absolute atomic E-state index is 0.167. The molecule has 0 saturated heterocycles. The van der Waals surface area contributed by atoms with Crippen LogP contribution in [0.3, 0.4) is 0 Å². The Labute approximate surface area is 116 Å². The molecule has 19 heavy (non-hydrogen) atoms. The number of rotatable bonds is 3. The first kappa shape index (κ1) is 14.5. The van der Waals surface area contributed by atoms with Gasteiger partial charge in [-0.15, -0.1) is 0 Å². The summed E-state index contributed by atoms with van der Waals surface area (Å²) < 4.78 is 29.7. The molecule has 0 aliphatic heterocycles. The molecule has 0 unspecified atom stereocenters. The molecule has 0 atom stereocenters. The fraction of sp³-hybridized carbons (Fsp3) is 0.600. The SMILES string of the molecule is Cc1ccc(S(=O)(=O)OC2CCC(C)(C)CC2)cc1. The fourth-order valence-electron chi connectivity index (χ4n) is 2.41. The van der Waals surface area contributed by atoms with Gasteiger partial charge in [-0.05, 0) is 50.2 Å². The Balaban J connectivity index is 2.04. The van der Waals surface area contributed by atoms with Crippen molar-refractivity contribution in [2.45, 2.75) is 57.5 Å². The van der Waals surface area contributed by atoms with E-state index >= 15 is 0 Å². The van der Waals surface area contributed by atoms with Crippen LogP contribution >= 0.6 is 0 Å². The average Bonchev–Trinajstić information content (AvgIpc) is 2.32. The maximum atomic E-state index is 12.2. The third-order valence-corrected chi connectivity index (χ3v) is 5.23. The Morgan fingerprint density at radius 2 is 1.63 bits per heavy atom. The van der Waals surface area contributed by atoms with Crippen molar-refractivity contribution in [3.05, 3.63) is 29.8 Å². The van der Waals surface area contributed by atoms with Gasteiger partial charge in [-0.2, -0.15) is 8.42 Å². The molecule has 1 aliphatic carbocycles. The van der Waals surface area contributed by atoms with Crippen LogP contribution in [0.5, 0.6) is 0 Å². The molecule has 0 heterocycles. The first-order valence-electron chi connectivity index (χ1n) is 6.78. The summed E-state index contributed by atoms with van der Waals surface area (Å²) in [6.45, 7) is 6.37. The highest BCUT2D eigenvalue weighted by Crippen LogP contribution is 2.37. The third-order valence-electron chi connectivity index (χ3n) is 3.86. The molecule has 2 rings (SSSR count). The highest BCUT2D eigenvalue weighted by molar-refractivity contribution is 7.86. The van der Waals surface area contributed by atoms with Crippen molar-refractivity contribution in [3.8, 4) is 0 Å². The van der Waals surface area contributed by atoms with E-state index in [2.05, 4.69) is 13.8 Å². The van der Waals surface area contributed by atoms with E-state index in [0.29, 0.717) is 5.41 Å². The largest absolute Gasteiger partial charge is 0.297 e. The van der Waals surface area contributed by atoms with E-state index < -0.39 is 10.1 Å². The van der Waals surface area contributed by atoms with Gasteiger partial charge in [0, 0.05) is 0 Å². The van der Waals surface area contributed by atoms with Crippen LogP contribution in [0, 0.1) is 12.3 Å². The van der Waals surface area contributed by atoms with E-state index in [1.807, 2.05) is 6.92 Å². The molecule has 0 spiro atoms. The standard InChI is InChI=1S/C15H22O3S/c1-12-4-6-14(7-5-12)19(16,17)18-13-8-10-15(2,3)11-9-13/h4-7,13H,8-11H2,1-3H3. The summed E-state index contributed by atoms with van der Waals surface area (Å²) in [5.74, 6) is 0. The molecule has 1 fully saturated rings. The summed E-state index contributed by atoms with van der Waals surface area (Å²) in [6.07, 6.45) is 3.50. The van der Waals surface area contributed by atoms with Gasteiger partial charge in [-0.3, -0.25) is 4.18 Å². The maximum Gasteiger partial charge on any atom is 0.297 e. The average molecular weight is 282 g/mol. The Bertz CT molecular complexity index is 519. The normalized spacial score (nSPS) is 20.4. The van der Waals surface area contributed by atoms with Crippen LogP contribution in [0.15, 0.2) is 29.2 Å². The van der Waals surface area contributed by atoms with Gasteiger partial charge in [0.05, 0.1) is 11.0 Å². The van der Waals surface area contributed by atoms with Crippen LogP contribution in [-0.4, -0.2) is 14.5 Å². The number of benzene rings is 1. The van der Waals surface area contributed by atoms with Crippen molar-refractivity contribution in [3.63, 3.8) is 0 Å². The Morgan fingerprint density at radius 3 is 2.16 bits per heavy atom. The van der Waals surface area contributed by atoms with Crippen LogP contribution in [-0.2, 0) is 14.3 Å². The number of hydrogen-bond acceptors (Lipinski definition) is 3. The second kappa shape index (κ2) is 5.25. The molecule has 0 bridgehead atoms. The van der Waals surface area contributed by atoms with Gasteiger partial charge >= 0.3 is 0 Å². The molecule has 0 aromatic heterocycles. The molecule has 0 N–H and O–H groups in total. The summed E-state index contributed by atoms with van der Waals surface area (Å²) in [6, 6.07) is 6.80. The lowest BCUT2D eigenvalue weighted by Crippen LogP contribution is -2.28. The second-order valence-electron chi connectivity index (χ2n) is 6.23. The van der Waals surface area contributed by atoms with Gasteiger partial charge in [-0.25, -0.2) is 0 Å². The zero-order chi connectivity index (χ0) is 14.1. The van der Waals surface area contributed by atoms with Crippen LogP contribution in [0.25, 0.3) is 0 Å². The van der Waals surface area contributed by atoms with Crippen molar-refractivity contribution in [2.24, 2.45) is 5.41 Å². The molecule has 1 aromatic carbocycles. The van der Waals surface area contributed by atoms with E-state index in [1.165, 1.54) is 0 Å². The lowest BCUT2D eigenvalue weighted by atomic mass is 9.76. The van der Waals surface area contributed by atoms with E-state index in [0.717, 1.165) is 31.2 Å². The Morgan fingerprint density at radius 1 is 1.11 bits per heavy atom. The predicted molar refractivity (Wildman–Crippen MR) is 75.5 cm³/mol. The van der Waals surface area contributed by atoms with Gasteiger partial charge in [-0.1, -0.05) is 31.5 Å². The van der Waals surface area contributed by atoms with E-state index in [-0.39, 0.29) is 11.0 Å². The topological polar surface area (TPSA) is 43.4 Å². The minimum atomic E-state index is -3.61. The van der Waals surface area contributed by atoms with Crippen molar-refractivity contribution in [1.29, 1.82) is 0 Å². The monoisotopic (exact) mass is 282 g/mol. The molecular weight excluding hydrogens is 260 g/mol. The first-order valence-corrected chi connectivity index (χ1v) is 8.19. The van der Waals surface area contributed by atoms with E-state index in [1.54, 1.807) is 24.3 Å². The summed E-state index contributed by atoms with van der Waals surface area (Å²) in [4.78, 5) is 0.253. The zero-order valence-corrected chi connectivity index (χ0v) is 12.7. The van der Waals surface area contributed by atoms with Gasteiger partial charge in [0.2, 0.25) is 0 Å². The zero-order valence-electron chi connectivity index (χ0n) is 11.8. The third kappa shape index (κ3) is 3.80. The molecule has 0 amide bonds. The van der Waals surface area contributed by atoms with Gasteiger partial charge in [0.15, 0.2) is 0 Å². The summed E-state index contributed by atoms with van der Waals surface area (Å²) in [5.41, 5.74) is 1.35. The molecule has 106 valence electrons. The Kier molecular flexibility index (Phi) is 4.02. The van der Waals surface area contributed by atoms with Gasteiger partial charge < -0.3 is 0 Å². The molecule has 3 nitrogen and oxygen atoms in total. The lowest BCUT2D eigenvalue weighted by molar-refractivity contribution is 0.104. The number of hydrogen-bond donors (Lipinski definition) is 0. The molecule has 1 aliphatic rings. The minimum Gasteiger partial charge on any atom is -0.263 e. The van der Waals surface area contributed by atoms with Crippen LogP contribution in [0.2, 0.25) is 0 Å². The van der Waals surface area contributed by atoms with Crippen molar-refractivity contribution in [2.75, 3.05) is 0 Å². The van der Waals surface area contributed by atoms with Gasteiger partial charge in [0.1, 0.15) is 0 Å². The summed E-state index contributed by atoms with van der Waals surface area (Å²) >= 11 is 0. The van der Waals surface area contributed by atoms with E-state index in [9.17, 15) is 8.42 Å². The van der Waals surface area contributed by atoms with Crippen molar-refractivity contribution >= 4 is 10.1 Å². The van der Waals surface area contributed by atoms with Gasteiger partial charge in [0.25, 0.3) is 10.1 Å². The van der Waals surface area contributed by atoms with Crippen LogP contribution in [0.1, 0.15) is 45.1 Å². The molecule has 4 heteroatoms. The Hall–Kier alpha value is -0.870. The molecular formula is C15H22O3S. The molecule has 1 saturated carbocycles. The highest BCUT2D eigenvalue weighted by atomic mass is 32.2. The molecule has 1 aromatic rings.